The zero-order valence-corrected chi connectivity index (χ0v) is 17.5. The Morgan fingerprint density at radius 1 is 1.11 bits per heavy atom. The van der Waals surface area contributed by atoms with E-state index in [1.54, 1.807) is 14.2 Å². The zero-order chi connectivity index (χ0) is 19.1. The van der Waals surface area contributed by atoms with Gasteiger partial charge in [-0.2, -0.15) is 5.10 Å². The number of hydrogen-bond acceptors (Lipinski definition) is 5. The molecule has 6 heteroatoms. The molecule has 142 valence electrons. The first-order valence-corrected chi connectivity index (χ1v) is 9.85. The van der Waals surface area contributed by atoms with Crippen molar-refractivity contribution in [3.05, 3.63) is 52.0 Å². The highest BCUT2D eigenvalue weighted by molar-refractivity contribution is 9.10. The first kappa shape index (κ1) is 18.2. The van der Waals surface area contributed by atoms with Crippen LogP contribution >= 0.6 is 15.9 Å². The zero-order valence-electron chi connectivity index (χ0n) is 15.9. The van der Waals surface area contributed by atoms with E-state index in [0.29, 0.717) is 11.7 Å². The normalized spacial score (nSPS) is 20.7. The number of nitrogens with zero attached hydrogens (tertiary/aromatic N) is 2. The van der Waals surface area contributed by atoms with Crippen LogP contribution in [0.5, 0.6) is 17.2 Å². The van der Waals surface area contributed by atoms with Crippen LogP contribution in [0.2, 0.25) is 0 Å². The van der Waals surface area contributed by atoms with Gasteiger partial charge in [0.15, 0.2) is 17.7 Å². The third-order valence-corrected chi connectivity index (χ3v) is 5.56. The third-order valence-electron chi connectivity index (χ3n) is 5.07. The predicted octanol–water partition coefficient (Wildman–Crippen LogP) is 4.99. The Bertz CT molecular complexity index is 897. The highest BCUT2D eigenvalue weighted by atomic mass is 79.9. The molecule has 2 aliphatic rings. The first-order valence-electron chi connectivity index (χ1n) is 9.06. The van der Waals surface area contributed by atoms with Crippen LogP contribution in [0.4, 0.5) is 0 Å². The van der Waals surface area contributed by atoms with Gasteiger partial charge < -0.3 is 14.2 Å². The largest absolute Gasteiger partial charge is 0.493 e. The van der Waals surface area contributed by atoms with E-state index < -0.39 is 0 Å². The number of halogens is 1. The number of ether oxygens (including phenoxy) is 3. The van der Waals surface area contributed by atoms with Crippen LogP contribution in [-0.4, -0.2) is 31.2 Å². The lowest BCUT2D eigenvalue weighted by molar-refractivity contribution is -0.0461. The molecule has 2 aliphatic heterocycles. The minimum atomic E-state index is -0.0821. The molecule has 0 fully saturated rings. The summed E-state index contributed by atoms with van der Waals surface area (Å²) in [6.07, 6.45) is 0.743. The van der Waals surface area contributed by atoms with Crippen molar-refractivity contribution < 1.29 is 14.2 Å². The van der Waals surface area contributed by atoms with Crippen molar-refractivity contribution >= 4 is 21.6 Å². The van der Waals surface area contributed by atoms with Crippen LogP contribution in [0.15, 0.2) is 46.0 Å². The fourth-order valence-corrected chi connectivity index (χ4v) is 4.10. The van der Waals surface area contributed by atoms with Gasteiger partial charge in [0.25, 0.3) is 0 Å². The number of benzene rings is 2. The second kappa shape index (κ2) is 7.08. The number of methoxy groups -OCH3 is 2. The molecule has 0 spiro atoms. The summed E-state index contributed by atoms with van der Waals surface area (Å²) in [4.78, 5) is 0. The highest BCUT2D eigenvalue weighted by Crippen LogP contribution is 2.45. The van der Waals surface area contributed by atoms with Gasteiger partial charge in [-0.05, 0) is 36.4 Å². The fraction of sp³-hybridized carbons (Fsp3) is 0.381. The average Bonchev–Trinajstić information content (AvgIpc) is 3.12. The summed E-state index contributed by atoms with van der Waals surface area (Å²) in [5.41, 5.74) is 3.24. The maximum absolute atomic E-state index is 6.28. The molecule has 0 saturated heterocycles. The van der Waals surface area contributed by atoms with Crippen LogP contribution < -0.4 is 14.2 Å². The molecule has 0 amide bonds. The Hall–Kier alpha value is -2.21. The molecule has 2 aromatic rings. The van der Waals surface area contributed by atoms with E-state index in [-0.39, 0.29) is 12.3 Å². The SMILES string of the molecule is COc1ccc(C2=NN3[C@@H](C2)c2cc(Br)ccc2O[C@H]3C(C)C)cc1OC. The molecule has 0 radical (unpaired) electrons. The van der Waals surface area contributed by atoms with Gasteiger partial charge in [-0.25, -0.2) is 5.01 Å². The molecule has 0 bridgehead atoms. The van der Waals surface area contributed by atoms with E-state index in [4.69, 9.17) is 19.3 Å². The van der Waals surface area contributed by atoms with Crippen molar-refractivity contribution in [2.75, 3.05) is 14.2 Å². The summed E-state index contributed by atoms with van der Waals surface area (Å²) in [5, 5.41) is 7.07. The average molecular weight is 431 g/mol. The van der Waals surface area contributed by atoms with Gasteiger partial charge in [-0.15, -0.1) is 0 Å². The number of rotatable bonds is 4. The van der Waals surface area contributed by atoms with E-state index in [1.807, 2.05) is 30.3 Å². The second-order valence-corrected chi connectivity index (χ2v) is 8.07. The second-order valence-electron chi connectivity index (χ2n) is 7.15. The van der Waals surface area contributed by atoms with Crippen LogP contribution in [0.3, 0.4) is 0 Å². The van der Waals surface area contributed by atoms with Crippen LogP contribution in [0.1, 0.15) is 37.4 Å². The first-order chi connectivity index (χ1) is 13.0. The quantitative estimate of drug-likeness (QED) is 0.684. The van der Waals surface area contributed by atoms with Crippen LogP contribution in [0.25, 0.3) is 0 Å². The van der Waals surface area contributed by atoms with Gasteiger partial charge in [0, 0.05) is 27.9 Å². The summed E-state index contributed by atoms with van der Waals surface area (Å²) >= 11 is 3.58. The van der Waals surface area contributed by atoms with Crippen LogP contribution in [-0.2, 0) is 0 Å². The lowest BCUT2D eigenvalue weighted by Gasteiger charge is -2.40. The van der Waals surface area contributed by atoms with E-state index in [0.717, 1.165) is 33.7 Å². The van der Waals surface area contributed by atoms with Gasteiger partial charge in [0.05, 0.1) is 26.0 Å². The smallest absolute Gasteiger partial charge is 0.190 e. The van der Waals surface area contributed by atoms with E-state index in [2.05, 4.69) is 40.9 Å². The van der Waals surface area contributed by atoms with Crippen molar-refractivity contribution in [3.8, 4) is 17.2 Å². The molecule has 0 N–H and O–H groups in total. The van der Waals surface area contributed by atoms with Crippen molar-refractivity contribution in [2.24, 2.45) is 11.0 Å². The van der Waals surface area contributed by atoms with Gasteiger partial charge >= 0.3 is 0 Å². The molecule has 0 saturated carbocycles. The fourth-order valence-electron chi connectivity index (χ4n) is 3.72. The topological polar surface area (TPSA) is 43.3 Å². The van der Waals surface area contributed by atoms with E-state index in [9.17, 15) is 0 Å². The molecule has 0 aliphatic carbocycles. The van der Waals surface area contributed by atoms with Crippen molar-refractivity contribution in [3.63, 3.8) is 0 Å². The van der Waals surface area contributed by atoms with Gasteiger partial charge in [0.1, 0.15) is 5.75 Å². The number of hydrazone groups is 1. The number of hydrogen-bond donors (Lipinski definition) is 0. The molecule has 2 heterocycles. The lowest BCUT2D eigenvalue weighted by atomic mass is 9.95. The lowest BCUT2D eigenvalue weighted by Crippen LogP contribution is -2.43. The molecular weight excluding hydrogens is 408 g/mol. The Labute approximate surface area is 168 Å². The maximum atomic E-state index is 6.28. The summed E-state index contributed by atoms with van der Waals surface area (Å²) < 4.78 is 18.1. The molecule has 0 aromatic heterocycles. The summed E-state index contributed by atoms with van der Waals surface area (Å²) in [6.45, 7) is 4.32. The summed E-state index contributed by atoms with van der Waals surface area (Å²) in [6, 6.07) is 12.3. The Morgan fingerprint density at radius 2 is 1.89 bits per heavy atom. The summed E-state index contributed by atoms with van der Waals surface area (Å²) in [5.74, 6) is 2.69. The minimum Gasteiger partial charge on any atom is -0.493 e. The third kappa shape index (κ3) is 3.16. The standard InChI is InChI=1S/C21H23BrN2O3/c1-12(2)21-24-17(15-10-14(22)6-8-18(15)27-21)11-16(23-24)13-5-7-19(25-3)20(9-13)26-4/h5-10,12,17,21H,11H2,1-4H3/t17-,21-/m0/s1. The Balaban J connectivity index is 1.74. The van der Waals surface area contributed by atoms with E-state index in [1.165, 1.54) is 5.56 Å². The van der Waals surface area contributed by atoms with Gasteiger partial charge in [-0.3, -0.25) is 0 Å². The predicted molar refractivity (Wildman–Crippen MR) is 109 cm³/mol. The molecule has 27 heavy (non-hydrogen) atoms. The Kier molecular flexibility index (Phi) is 4.76. The minimum absolute atomic E-state index is 0.0821. The molecule has 4 rings (SSSR count). The van der Waals surface area contributed by atoms with Gasteiger partial charge in [0.2, 0.25) is 0 Å². The van der Waals surface area contributed by atoms with Gasteiger partial charge in [-0.1, -0.05) is 29.8 Å². The van der Waals surface area contributed by atoms with Crippen molar-refractivity contribution in [1.29, 1.82) is 0 Å². The van der Waals surface area contributed by atoms with Crippen LogP contribution in [0, 0.1) is 5.92 Å². The number of fused-ring (bicyclic) bond motifs is 3. The van der Waals surface area contributed by atoms with Crippen molar-refractivity contribution in [2.45, 2.75) is 32.5 Å². The highest BCUT2D eigenvalue weighted by Gasteiger charge is 2.41. The van der Waals surface area contributed by atoms with Crippen molar-refractivity contribution in [1.82, 2.24) is 5.01 Å². The maximum Gasteiger partial charge on any atom is 0.190 e. The molecule has 0 unspecified atom stereocenters. The van der Waals surface area contributed by atoms with E-state index >= 15 is 0 Å². The molecular formula is C21H23BrN2O3. The Morgan fingerprint density at radius 3 is 2.59 bits per heavy atom. The molecule has 2 aromatic carbocycles. The molecule has 2 atom stereocenters. The summed E-state index contributed by atoms with van der Waals surface area (Å²) in [7, 11) is 3.29. The monoisotopic (exact) mass is 430 g/mol. The molecule has 5 nitrogen and oxygen atoms in total.